The third kappa shape index (κ3) is 9.73. The number of benzene rings is 2. The van der Waals surface area contributed by atoms with Crippen molar-refractivity contribution in [3.8, 4) is 11.5 Å². The van der Waals surface area contributed by atoms with Gasteiger partial charge in [0.1, 0.15) is 35.2 Å². The summed E-state index contributed by atoms with van der Waals surface area (Å²) >= 11 is 0. The molecule has 0 radical (unpaired) electrons. The first kappa shape index (κ1) is 31.3. The van der Waals surface area contributed by atoms with Gasteiger partial charge in [0.2, 0.25) is 5.91 Å². The summed E-state index contributed by atoms with van der Waals surface area (Å²) in [6.45, 7) is 5.00. The van der Waals surface area contributed by atoms with Gasteiger partial charge >= 0.3 is 0 Å². The smallest absolute Gasteiger partial charge is 0.272 e. The monoisotopic (exact) mass is 586 g/mol. The average Bonchev–Trinajstić information content (AvgIpc) is 3.01. The van der Waals surface area contributed by atoms with E-state index in [2.05, 4.69) is 20.6 Å². The maximum absolute atomic E-state index is 13.3. The number of carbonyl (C=O) groups is 4. The van der Waals surface area contributed by atoms with Crippen LogP contribution in [0.1, 0.15) is 71.6 Å². The summed E-state index contributed by atoms with van der Waals surface area (Å²) in [6.07, 6.45) is 6.22. The largest absolute Gasteiger partial charge is 0.494 e. The van der Waals surface area contributed by atoms with Gasteiger partial charge in [-0.1, -0.05) is 38.1 Å². The van der Waals surface area contributed by atoms with Gasteiger partial charge in [-0.05, 0) is 67.0 Å². The minimum Gasteiger partial charge on any atom is -0.494 e. The molecular weight excluding hydrogens is 548 g/mol. The highest BCUT2D eigenvalue weighted by Gasteiger charge is 2.26. The Hall–Kier alpha value is -4.60. The molecule has 4 aliphatic heterocycles. The van der Waals surface area contributed by atoms with Crippen LogP contribution in [0.25, 0.3) is 0 Å². The van der Waals surface area contributed by atoms with Crippen LogP contribution in [-0.2, 0) is 22.4 Å². The molecule has 0 spiro atoms. The molecule has 2 N–H and O–H groups in total. The highest BCUT2D eigenvalue weighted by Crippen LogP contribution is 2.17. The predicted molar refractivity (Wildman–Crippen MR) is 160 cm³/mol. The molecule has 1 aromatic heterocycles. The lowest BCUT2D eigenvalue weighted by molar-refractivity contribution is -0.125. The van der Waals surface area contributed by atoms with E-state index in [0.29, 0.717) is 38.1 Å². The lowest BCUT2D eigenvalue weighted by Crippen LogP contribution is -2.51. The van der Waals surface area contributed by atoms with E-state index >= 15 is 0 Å². The number of nitrogens with zero attached hydrogens (tertiary/aromatic N) is 2. The van der Waals surface area contributed by atoms with Crippen molar-refractivity contribution in [2.24, 2.45) is 5.92 Å². The van der Waals surface area contributed by atoms with Crippen LogP contribution < -0.4 is 20.1 Å². The number of hydrogen-bond donors (Lipinski definition) is 2. The summed E-state index contributed by atoms with van der Waals surface area (Å²) in [4.78, 5) is 59.5. The molecule has 7 rings (SSSR count). The molecule has 4 aliphatic rings. The molecule has 10 nitrogen and oxygen atoms in total. The number of hydrogen-bond acceptors (Lipinski definition) is 8. The quantitative estimate of drug-likeness (QED) is 0.430. The molecule has 0 saturated carbocycles. The first-order valence-corrected chi connectivity index (χ1v) is 14.7. The van der Waals surface area contributed by atoms with Crippen molar-refractivity contribution in [2.75, 3.05) is 13.2 Å². The molecule has 5 heterocycles. The zero-order valence-corrected chi connectivity index (χ0v) is 24.6. The number of ketones is 1. The number of carbonyl (C=O) groups excluding carboxylic acids is 4. The fourth-order valence-electron chi connectivity index (χ4n) is 4.67. The van der Waals surface area contributed by atoms with Gasteiger partial charge < -0.3 is 24.9 Å². The Kier molecular flexibility index (Phi) is 11.4. The number of aromatic nitrogens is 2. The van der Waals surface area contributed by atoms with Crippen molar-refractivity contribution in [1.29, 1.82) is 0 Å². The number of nitrogens with one attached hydrogen (secondary N) is 2. The van der Waals surface area contributed by atoms with Crippen LogP contribution in [0, 0.1) is 5.92 Å². The molecule has 3 aromatic rings. The summed E-state index contributed by atoms with van der Waals surface area (Å²) in [5, 5.41) is 5.48. The van der Waals surface area contributed by atoms with Crippen LogP contribution in [-0.4, -0.2) is 59.1 Å². The Morgan fingerprint density at radius 1 is 0.930 bits per heavy atom. The van der Waals surface area contributed by atoms with Gasteiger partial charge in [0.25, 0.3) is 5.91 Å². The van der Waals surface area contributed by atoms with Gasteiger partial charge in [-0.15, -0.1) is 0 Å². The standard InChI is InChI=1S/C33H38N4O6/c1-22(2)17-25(21-38)35-32(40)28-18-24-7-12-27(13-8-24)43-16-4-3-15-42-26-10-5-23(6-11-26)9-14-31(39)29-19-34-20-30(36-29)33(41)37-28/h5-8,10-13,19-22,25,28H,3-4,9,14-18H2,1-2H3,(H,35,40)(H,37,41). The minimum atomic E-state index is -1.01. The predicted octanol–water partition coefficient (Wildman–Crippen LogP) is 3.91. The number of Topliss-reactive ketones (excluding diaryl/α,β-unsaturated/α-hetero) is 1. The Labute approximate surface area is 251 Å². The molecular formula is C33H38N4O6. The minimum absolute atomic E-state index is 0.0663. The third-order valence-electron chi connectivity index (χ3n) is 7.00. The highest BCUT2D eigenvalue weighted by atomic mass is 16.5. The zero-order valence-electron chi connectivity index (χ0n) is 24.6. The molecule has 43 heavy (non-hydrogen) atoms. The van der Waals surface area contributed by atoms with E-state index in [1.807, 2.05) is 62.4 Å². The van der Waals surface area contributed by atoms with E-state index in [1.165, 1.54) is 12.4 Å². The van der Waals surface area contributed by atoms with E-state index in [-0.39, 0.29) is 35.9 Å². The van der Waals surface area contributed by atoms with Crippen LogP contribution in [0.4, 0.5) is 0 Å². The second kappa shape index (κ2) is 15.6. The highest BCUT2D eigenvalue weighted by molar-refractivity contribution is 5.98. The second-order valence-corrected chi connectivity index (χ2v) is 11.0. The number of ether oxygens (including phenoxy) is 2. The first-order chi connectivity index (χ1) is 20.8. The van der Waals surface area contributed by atoms with Crippen molar-refractivity contribution >= 4 is 23.9 Å². The fourth-order valence-corrected chi connectivity index (χ4v) is 4.67. The number of aldehydes is 1. The number of rotatable bonds is 5. The molecule has 0 fully saturated rings. The van der Waals surface area contributed by atoms with Crippen LogP contribution >= 0.6 is 0 Å². The number of amides is 2. The van der Waals surface area contributed by atoms with Gasteiger partial charge in [-0.3, -0.25) is 19.4 Å². The SMILES string of the molecule is CC(C)CC(C=O)NC(=O)C1Cc2ccc(cc2)OCCCCOc2ccc(cc2)CCC(=O)c2cncc(n2)C(=O)N1. The zero-order chi connectivity index (χ0) is 30.6. The van der Waals surface area contributed by atoms with Crippen molar-refractivity contribution in [1.82, 2.24) is 20.6 Å². The summed E-state index contributed by atoms with van der Waals surface area (Å²) in [7, 11) is 0. The molecule has 2 aromatic carbocycles. The molecule has 226 valence electrons. The summed E-state index contributed by atoms with van der Waals surface area (Å²) in [6, 6.07) is 13.2. The fraction of sp³-hybridized carbons (Fsp3) is 0.394. The molecule has 2 amide bonds. The second-order valence-electron chi connectivity index (χ2n) is 11.0. The Morgan fingerprint density at radius 2 is 1.53 bits per heavy atom. The van der Waals surface area contributed by atoms with Gasteiger partial charge in [0.15, 0.2) is 5.78 Å². The van der Waals surface area contributed by atoms with Crippen LogP contribution in [0.3, 0.4) is 0 Å². The van der Waals surface area contributed by atoms with Gasteiger partial charge in [0, 0.05) is 12.8 Å². The molecule has 10 heteroatoms. The molecule has 0 aliphatic carbocycles. The van der Waals surface area contributed by atoms with E-state index < -0.39 is 23.9 Å². The van der Waals surface area contributed by atoms with Crippen LogP contribution in [0.5, 0.6) is 11.5 Å². The molecule has 2 unspecified atom stereocenters. The third-order valence-corrected chi connectivity index (χ3v) is 7.00. The molecule has 0 saturated heterocycles. The van der Waals surface area contributed by atoms with E-state index in [0.717, 1.165) is 29.7 Å². The van der Waals surface area contributed by atoms with Crippen LogP contribution in [0.15, 0.2) is 60.9 Å². The van der Waals surface area contributed by atoms with E-state index in [4.69, 9.17) is 9.47 Å². The Morgan fingerprint density at radius 3 is 2.14 bits per heavy atom. The van der Waals surface area contributed by atoms with Crippen molar-refractivity contribution < 1.29 is 28.7 Å². The summed E-state index contributed by atoms with van der Waals surface area (Å²) in [5.74, 6) is 0.228. The van der Waals surface area contributed by atoms with E-state index in [9.17, 15) is 19.2 Å². The summed E-state index contributed by atoms with van der Waals surface area (Å²) in [5.41, 5.74) is 1.73. The topological polar surface area (TPSA) is 137 Å². The lowest BCUT2D eigenvalue weighted by Gasteiger charge is -2.22. The Balaban J connectivity index is 1.57. The molecule has 6 bridgehead atoms. The van der Waals surface area contributed by atoms with Gasteiger partial charge in [-0.2, -0.15) is 0 Å². The van der Waals surface area contributed by atoms with E-state index in [1.54, 1.807) is 0 Å². The maximum Gasteiger partial charge on any atom is 0.272 e. The molecule has 2 atom stereocenters. The lowest BCUT2D eigenvalue weighted by atomic mass is 10.0. The van der Waals surface area contributed by atoms with Gasteiger partial charge in [-0.25, -0.2) is 4.98 Å². The van der Waals surface area contributed by atoms with Crippen molar-refractivity contribution in [3.05, 3.63) is 83.4 Å². The first-order valence-electron chi connectivity index (χ1n) is 14.7. The average molecular weight is 587 g/mol. The van der Waals surface area contributed by atoms with Crippen LogP contribution in [0.2, 0.25) is 0 Å². The maximum atomic E-state index is 13.3. The van der Waals surface area contributed by atoms with Gasteiger partial charge in [0.05, 0.1) is 31.6 Å². The number of aryl methyl sites for hydroxylation is 1. The normalized spacial score (nSPS) is 17.2. The summed E-state index contributed by atoms with van der Waals surface area (Å²) < 4.78 is 11.7. The van der Waals surface area contributed by atoms with Crippen molar-refractivity contribution in [2.45, 2.75) is 64.5 Å². The Bertz CT molecular complexity index is 1390. The van der Waals surface area contributed by atoms with Crippen molar-refractivity contribution in [3.63, 3.8) is 0 Å².